The van der Waals surface area contributed by atoms with E-state index in [0.29, 0.717) is 18.1 Å². The highest BCUT2D eigenvalue weighted by Crippen LogP contribution is 2.33. The van der Waals surface area contributed by atoms with E-state index >= 15 is 0 Å². The molecular weight excluding hydrogens is 266 g/mol. The van der Waals surface area contributed by atoms with Crippen LogP contribution in [0.15, 0.2) is 12.3 Å². The van der Waals surface area contributed by atoms with E-state index in [2.05, 4.69) is 22.2 Å². The van der Waals surface area contributed by atoms with E-state index in [1.165, 1.54) is 25.7 Å². The Labute approximate surface area is 126 Å². The van der Waals surface area contributed by atoms with Crippen LogP contribution in [-0.2, 0) is 6.54 Å². The number of nitrogens with zero attached hydrogens (tertiary/aromatic N) is 2. The molecule has 2 aliphatic rings. The molecule has 2 saturated heterocycles. The summed E-state index contributed by atoms with van der Waals surface area (Å²) in [4.78, 5) is 6.90. The van der Waals surface area contributed by atoms with Gasteiger partial charge in [0.2, 0.25) is 0 Å². The van der Waals surface area contributed by atoms with Gasteiger partial charge in [-0.3, -0.25) is 9.88 Å². The normalized spacial score (nSPS) is 27.9. The van der Waals surface area contributed by atoms with Crippen LogP contribution in [0.3, 0.4) is 0 Å². The Morgan fingerprint density at radius 3 is 2.57 bits per heavy atom. The predicted molar refractivity (Wildman–Crippen MR) is 81.8 cm³/mol. The molecule has 3 rings (SSSR count). The average Bonchev–Trinajstić information content (AvgIpc) is 2.85. The highest BCUT2D eigenvalue weighted by molar-refractivity contribution is 5.42. The van der Waals surface area contributed by atoms with E-state index in [0.717, 1.165) is 23.7 Å². The summed E-state index contributed by atoms with van der Waals surface area (Å²) in [6, 6.07) is 3.88. The van der Waals surface area contributed by atoms with Crippen molar-refractivity contribution in [2.24, 2.45) is 0 Å². The number of hydrogen-bond donors (Lipinski definition) is 1. The van der Waals surface area contributed by atoms with Crippen molar-refractivity contribution in [3.63, 3.8) is 0 Å². The smallest absolute Gasteiger partial charge is 0.183 e. The first-order chi connectivity index (χ1) is 10.2. The topological polar surface area (TPSA) is 46.6 Å². The van der Waals surface area contributed by atoms with Crippen molar-refractivity contribution in [3.05, 3.63) is 18.0 Å². The monoisotopic (exact) mass is 291 g/mol. The molecule has 0 spiro atoms. The van der Waals surface area contributed by atoms with Crippen molar-refractivity contribution in [3.8, 4) is 11.5 Å². The van der Waals surface area contributed by atoms with Gasteiger partial charge in [0, 0.05) is 36.9 Å². The largest absolute Gasteiger partial charge is 0.493 e. The Kier molecular flexibility index (Phi) is 4.31. The molecule has 2 atom stereocenters. The van der Waals surface area contributed by atoms with Crippen molar-refractivity contribution in [1.29, 1.82) is 0 Å². The number of piperidine rings is 1. The first-order valence-electron chi connectivity index (χ1n) is 7.73. The first-order valence-corrected chi connectivity index (χ1v) is 7.73. The zero-order valence-corrected chi connectivity index (χ0v) is 13.1. The zero-order valence-electron chi connectivity index (χ0n) is 13.1. The third kappa shape index (κ3) is 2.99. The number of fused-ring (bicyclic) bond motifs is 2. The second-order valence-corrected chi connectivity index (χ2v) is 6.17. The molecule has 5 nitrogen and oxygen atoms in total. The Balaban J connectivity index is 1.71. The molecule has 5 heteroatoms. The van der Waals surface area contributed by atoms with Crippen molar-refractivity contribution < 1.29 is 9.47 Å². The summed E-state index contributed by atoms with van der Waals surface area (Å²) < 4.78 is 10.8. The van der Waals surface area contributed by atoms with Crippen LogP contribution >= 0.6 is 0 Å². The summed E-state index contributed by atoms with van der Waals surface area (Å²) in [7, 11) is 5.53. The lowest BCUT2D eigenvalue weighted by atomic mass is 9.98. The second-order valence-electron chi connectivity index (χ2n) is 6.17. The minimum Gasteiger partial charge on any atom is -0.493 e. The standard InChI is InChI=1S/C16H25N3O2/c1-19(13-8-11-4-5-12(9-13)18-11)10-14-16(21-3)15(20-2)6-7-17-14/h6-7,11-13,18H,4-5,8-10H2,1-3H3. The number of methoxy groups -OCH3 is 2. The van der Waals surface area contributed by atoms with Crippen LogP contribution in [0.2, 0.25) is 0 Å². The van der Waals surface area contributed by atoms with E-state index in [-0.39, 0.29) is 0 Å². The van der Waals surface area contributed by atoms with Gasteiger partial charge in [0.25, 0.3) is 0 Å². The zero-order chi connectivity index (χ0) is 14.8. The van der Waals surface area contributed by atoms with E-state index in [1.807, 2.05) is 6.07 Å². The predicted octanol–water partition coefficient (Wildman–Crippen LogP) is 1.81. The molecule has 2 fully saturated rings. The molecule has 0 amide bonds. The Hall–Kier alpha value is -1.33. The summed E-state index contributed by atoms with van der Waals surface area (Å²) >= 11 is 0. The average molecular weight is 291 g/mol. The van der Waals surface area contributed by atoms with Crippen LogP contribution in [0, 0.1) is 0 Å². The van der Waals surface area contributed by atoms with Gasteiger partial charge >= 0.3 is 0 Å². The van der Waals surface area contributed by atoms with E-state index in [1.54, 1.807) is 20.4 Å². The third-order valence-electron chi connectivity index (χ3n) is 4.84. The molecule has 116 valence electrons. The fraction of sp³-hybridized carbons (Fsp3) is 0.688. The van der Waals surface area contributed by atoms with Gasteiger partial charge in [-0.05, 0) is 32.7 Å². The number of hydrogen-bond acceptors (Lipinski definition) is 5. The van der Waals surface area contributed by atoms with E-state index < -0.39 is 0 Å². The van der Waals surface area contributed by atoms with Crippen molar-refractivity contribution >= 4 is 0 Å². The summed E-state index contributed by atoms with van der Waals surface area (Å²) in [5.74, 6) is 1.50. The quantitative estimate of drug-likeness (QED) is 0.896. The van der Waals surface area contributed by atoms with Gasteiger partial charge in [0.15, 0.2) is 11.5 Å². The highest BCUT2D eigenvalue weighted by atomic mass is 16.5. The van der Waals surface area contributed by atoms with Crippen LogP contribution in [0.4, 0.5) is 0 Å². The van der Waals surface area contributed by atoms with Gasteiger partial charge in [-0.2, -0.15) is 0 Å². The maximum Gasteiger partial charge on any atom is 0.183 e. The molecule has 1 N–H and O–H groups in total. The number of nitrogens with one attached hydrogen (secondary N) is 1. The summed E-state index contributed by atoms with van der Waals surface area (Å²) in [5.41, 5.74) is 0.949. The molecule has 0 aliphatic carbocycles. The molecule has 1 aromatic heterocycles. The first kappa shape index (κ1) is 14.6. The van der Waals surface area contributed by atoms with Crippen molar-refractivity contribution in [2.75, 3.05) is 21.3 Å². The number of rotatable bonds is 5. The molecular formula is C16H25N3O2. The lowest BCUT2D eigenvalue weighted by Gasteiger charge is -2.35. The van der Waals surface area contributed by atoms with Gasteiger partial charge in [0.05, 0.1) is 14.2 Å². The van der Waals surface area contributed by atoms with Crippen LogP contribution < -0.4 is 14.8 Å². The molecule has 0 aromatic carbocycles. The lowest BCUT2D eigenvalue weighted by Crippen LogP contribution is -2.46. The molecule has 0 saturated carbocycles. The van der Waals surface area contributed by atoms with Crippen LogP contribution in [0.25, 0.3) is 0 Å². The van der Waals surface area contributed by atoms with Gasteiger partial charge in [-0.15, -0.1) is 0 Å². The molecule has 21 heavy (non-hydrogen) atoms. The van der Waals surface area contributed by atoms with Crippen LogP contribution in [0.5, 0.6) is 11.5 Å². The Morgan fingerprint density at radius 1 is 1.24 bits per heavy atom. The van der Waals surface area contributed by atoms with Crippen LogP contribution in [-0.4, -0.2) is 49.3 Å². The Bertz CT molecular complexity index is 482. The molecule has 0 radical (unpaired) electrons. The summed E-state index contributed by atoms with van der Waals surface area (Å²) in [5, 5.41) is 3.69. The molecule has 2 unspecified atom stereocenters. The summed E-state index contributed by atoms with van der Waals surface area (Å²) in [6.45, 7) is 0.796. The number of aromatic nitrogens is 1. The molecule has 1 aromatic rings. The molecule has 3 heterocycles. The summed E-state index contributed by atoms with van der Waals surface area (Å²) in [6.07, 6.45) is 6.92. The lowest BCUT2D eigenvalue weighted by molar-refractivity contribution is 0.162. The highest BCUT2D eigenvalue weighted by Gasteiger charge is 2.35. The van der Waals surface area contributed by atoms with Gasteiger partial charge in [-0.25, -0.2) is 0 Å². The van der Waals surface area contributed by atoms with Crippen LogP contribution in [0.1, 0.15) is 31.4 Å². The number of pyridine rings is 1. The van der Waals surface area contributed by atoms with Gasteiger partial charge < -0.3 is 14.8 Å². The maximum atomic E-state index is 5.48. The second kappa shape index (κ2) is 6.20. The molecule has 2 bridgehead atoms. The molecule has 2 aliphatic heterocycles. The minimum absolute atomic E-state index is 0.626. The van der Waals surface area contributed by atoms with Crippen molar-refractivity contribution in [2.45, 2.75) is 50.4 Å². The van der Waals surface area contributed by atoms with E-state index in [9.17, 15) is 0 Å². The fourth-order valence-corrected chi connectivity index (χ4v) is 3.72. The maximum absolute atomic E-state index is 5.48. The fourth-order valence-electron chi connectivity index (χ4n) is 3.72. The van der Waals surface area contributed by atoms with E-state index in [4.69, 9.17) is 9.47 Å². The Morgan fingerprint density at radius 2 is 1.95 bits per heavy atom. The van der Waals surface area contributed by atoms with Gasteiger partial charge in [0.1, 0.15) is 5.69 Å². The minimum atomic E-state index is 0.626. The van der Waals surface area contributed by atoms with Crippen molar-refractivity contribution in [1.82, 2.24) is 15.2 Å². The van der Waals surface area contributed by atoms with Gasteiger partial charge in [-0.1, -0.05) is 0 Å². The SMILES string of the molecule is COc1ccnc(CN(C)C2CC3CCC(C2)N3)c1OC. The third-order valence-corrected chi connectivity index (χ3v) is 4.84. The number of ether oxygens (including phenoxy) is 2.